The number of ketones is 1. The first-order valence-corrected chi connectivity index (χ1v) is 8.61. The van der Waals surface area contributed by atoms with Crippen LogP contribution in [-0.2, 0) is 23.4 Å². The molecule has 0 spiro atoms. The number of thioether (sulfide) groups is 1. The molecule has 2 aromatic rings. The number of nitriles is 1. The molecule has 0 heterocycles. The summed E-state index contributed by atoms with van der Waals surface area (Å²) < 4.78 is 0. The Kier molecular flexibility index (Phi) is 6.59. The van der Waals surface area contributed by atoms with E-state index in [1.54, 1.807) is 12.1 Å². The van der Waals surface area contributed by atoms with E-state index in [1.807, 2.05) is 36.4 Å². The first kappa shape index (κ1) is 17.8. The molecule has 0 saturated heterocycles. The SMILES string of the molecule is N#Cc1ccc(CCC(=O)Cc2ccccc2CSC(=N)N)cc1. The van der Waals surface area contributed by atoms with E-state index in [2.05, 4.69) is 6.07 Å². The fourth-order valence-electron chi connectivity index (χ4n) is 2.36. The lowest BCUT2D eigenvalue weighted by Gasteiger charge is -2.08. The van der Waals surface area contributed by atoms with E-state index >= 15 is 0 Å². The monoisotopic (exact) mass is 337 g/mol. The van der Waals surface area contributed by atoms with Gasteiger partial charge in [-0.05, 0) is 35.2 Å². The van der Waals surface area contributed by atoms with Gasteiger partial charge in [0.15, 0.2) is 5.17 Å². The molecular formula is C19H19N3OS. The van der Waals surface area contributed by atoms with Crippen LogP contribution in [0.25, 0.3) is 0 Å². The predicted molar refractivity (Wildman–Crippen MR) is 97.8 cm³/mol. The largest absolute Gasteiger partial charge is 0.379 e. The van der Waals surface area contributed by atoms with E-state index in [1.165, 1.54) is 11.8 Å². The standard InChI is InChI=1S/C19H19N3OS/c20-12-15-7-5-14(6-8-15)9-10-18(23)11-16-3-1-2-4-17(16)13-24-19(21)22/h1-8H,9-11,13H2,(H3,21,22). The van der Waals surface area contributed by atoms with Crippen LogP contribution in [0.2, 0.25) is 0 Å². The minimum Gasteiger partial charge on any atom is -0.379 e. The van der Waals surface area contributed by atoms with Crippen molar-refractivity contribution in [3.63, 3.8) is 0 Å². The van der Waals surface area contributed by atoms with Gasteiger partial charge in [0, 0.05) is 18.6 Å². The topological polar surface area (TPSA) is 90.7 Å². The normalized spacial score (nSPS) is 10.1. The third-order valence-corrected chi connectivity index (χ3v) is 4.43. The van der Waals surface area contributed by atoms with Gasteiger partial charge in [0.25, 0.3) is 0 Å². The molecule has 0 saturated carbocycles. The second-order valence-corrected chi connectivity index (χ2v) is 6.46. The van der Waals surface area contributed by atoms with E-state index in [4.69, 9.17) is 16.4 Å². The van der Waals surface area contributed by atoms with Crippen LogP contribution in [-0.4, -0.2) is 11.0 Å². The number of nitrogens with one attached hydrogen (secondary N) is 1. The number of hydrogen-bond acceptors (Lipinski definition) is 4. The predicted octanol–water partition coefficient (Wildman–Crippen LogP) is 3.43. The number of nitrogens with two attached hydrogens (primary N) is 1. The Morgan fingerprint density at radius 1 is 1.12 bits per heavy atom. The Morgan fingerprint density at radius 2 is 1.79 bits per heavy atom. The summed E-state index contributed by atoms with van der Waals surface area (Å²) in [6.45, 7) is 0. The molecule has 2 rings (SSSR count). The zero-order chi connectivity index (χ0) is 17.4. The van der Waals surface area contributed by atoms with Gasteiger partial charge in [0.1, 0.15) is 5.78 Å². The van der Waals surface area contributed by atoms with Crippen LogP contribution in [0.3, 0.4) is 0 Å². The number of rotatable bonds is 7. The maximum Gasteiger partial charge on any atom is 0.151 e. The molecule has 4 nitrogen and oxygen atoms in total. The molecule has 24 heavy (non-hydrogen) atoms. The molecule has 2 aromatic carbocycles. The summed E-state index contributed by atoms with van der Waals surface area (Å²) in [7, 11) is 0. The van der Waals surface area contributed by atoms with Gasteiger partial charge in [0.2, 0.25) is 0 Å². The van der Waals surface area contributed by atoms with Crippen molar-refractivity contribution < 1.29 is 4.79 Å². The van der Waals surface area contributed by atoms with Crippen molar-refractivity contribution in [3.05, 3.63) is 70.8 Å². The third kappa shape index (κ3) is 5.56. The van der Waals surface area contributed by atoms with Crippen LogP contribution < -0.4 is 5.73 Å². The van der Waals surface area contributed by atoms with Gasteiger partial charge in [0.05, 0.1) is 11.6 Å². The molecule has 0 aliphatic rings. The van der Waals surface area contributed by atoms with Crippen molar-refractivity contribution in [3.8, 4) is 6.07 Å². The number of carbonyl (C=O) groups excluding carboxylic acids is 1. The fraction of sp³-hybridized carbons (Fsp3) is 0.211. The van der Waals surface area contributed by atoms with Gasteiger partial charge in [-0.1, -0.05) is 48.2 Å². The molecule has 5 heteroatoms. The molecule has 0 bridgehead atoms. The number of benzene rings is 2. The van der Waals surface area contributed by atoms with E-state index in [9.17, 15) is 4.79 Å². The second-order valence-electron chi connectivity index (χ2n) is 5.45. The van der Waals surface area contributed by atoms with Gasteiger partial charge >= 0.3 is 0 Å². The molecular weight excluding hydrogens is 318 g/mol. The van der Waals surface area contributed by atoms with Gasteiger partial charge in [-0.25, -0.2) is 0 Å². The van der Waals surface area contributed by atoms with Gasteiger partial charge in [-0.2, -0.15) is 5.26 Å². The van der Waals surface area contributed by atoms with Crippen molar-refractivity contribution in [1.82, 2.24) is 0 Å². The first-order chi connectivity index (χ1) is 11.6. The number of amidine groups is 1. The molecule has 3 N–H and O–H groups in total. The van der Waals surface area contributed by atoms with Crippen LogP contribution in [0.15, 0.2) is 48.5 Å². The van der Waals surface area contributed by atoms with E-state index in [-0.39, 0.29) is 11.0 Å². The molecule has 0 radical (unpaired) electrons. The molecule has 0 amide bonds. The molecule has 122 valence electrons. The minimum atomic E-state index is 0.0805. The van der Waals surface area contributed by atoms with Crippen LogP contribution in [0.5, 0.6) is 0 Å². The summed E-state index contributed by atoms with van der Waals surface area (Å²) in [6.07, 6.45) is 1.54. The molecule has 0 unspecified atom stereocenters. The number of nitrogens with zero attached hydrogens (tertiary/aromatic N) is 1. The maximum absolute atomic E-state index is 12.3. The Labute approximate surface area is 146 Å². The number of hydrogen-bond donors (Lipinski definition) is 2. The summed E-state index contributed by atoms with van der Waals surface area (Å²) in [5.41, 5.74) is 9.11. The highest BCUT2D eigenvalue weighted by molar-refractivity contribution is 8.13. The lowest BCUT2D eigenvalue weighted by atomic mass is 9.99. The Morgan fingerprint density at radius 3 is 2.42 bits per heavy atom. The Balaban J connectivity index is 1.92. The molecule has 0 aliphatic carbocycles. The highest BCUT2D eigenvalue weighted by Crippen LogP contribution is 2.18. The molecule has 0 aromatic heterocycles. The molecule has 0 fully saturated rings. The third-order valence-electron chi connectivity index (χ3n) is 3.66. The summed E-state index contributed by atoms with van der Waals surface area (Å²) in [5.74, 6) is 0.786. The lowest BCUT2D eigenvalue weighted by molar-refractivity contribution is -0.118. The zero-order valence-electron chi connectivity index (χ0n) is 13.3. The van der Waals surface area contributed by atoms with E-state index < -0.39 is 0 Å². The quantitative estimate of drug-likeness (QED) is 0.598. The van der Waals surface area contributed by atoms with Crippen LogP contribution in [0.1, 0.15) is 28.7 Å². The fourth-order valence-corrected chi connectivity index (χ4v) is 2.95. The molecule has 0 atom stereocenters. The maximum atomic E-state index is 12.3. The van der Waals surface area contributed by atoms with Crippen LogP contribution >= 0.6 is 11.8 Å². The Hall–Kier alpha value is -2.58. The van der Waals surface area contributed by atoms with Crippen LogP contribution in [0, 0.1) is 16.7 Å². The summed E-state index contributed by atoms with van der Waals surface area (Å²) in [4.78, 5) is 12.3. The van der Waals surface area contributed by atoms with Gasteiger partial charge < -0.3 is 5.73 Å². The van der Waals surface area contributed by atoms with Crippen molar-refractivity contribution >= 4 is 22.7 Å². The van der Waals surface area contributed by atoms with E-state index in [0.717, 1.165) is 16.7 Å². The highest BCUT2D eigenvalue weighted by atomic mass is 32.2. The zero-order valence-corrected chi connectivity index (χ0v) is 14.1. The smallest absolute Gasteiger partial charge is 0.151 e. The van der Waals surface area contributed by atoms with E-state index in [0.29, 0.717) is 30.6 Å². The van der Waals surface area contributed by atoms with Crippen molar-refractivity contribution in [2.75, 3.05) is 0 Å². The first-order valence-electron chi connectivity index (χ1n) is 7.63. The van der Waals surface area contributed by atoms with Gasteiger partial charge in [-0.15, -0.1) is 0 Å². The number of aryl methyl sites for hydroxylation is 1. The molecule has 0 aliphatic heterocycles. The second kappa shape index (κ2) is 8.90. The van der Waals surface area contributed by atoms with Gasteiger partial charge in [-0.3, -0.25) is 10.2 Å². The van der Waals surface area contributed by atoms with Crippen LogP contribution in [0.4, 0.5) is 0 Å². The highest BCUT2D eigenvalue weighted by Gasteiger charge is 2.09. The van der Waals surface area contributed by atoms with Crippen molar-refractivity contribution in [2.24, 2.45) is 5.73 Å². The number of Topliss-reactive ketones (excluding diaryl/α,β-unsaturated/α-hetero) is 1. The summed E-state index contributed by atoms with van der Waals surface area (Å²) in [6, 6.07) is 17.2. The summed E-state index contributed by atoms with van der Waals surface area (Å²) >= 11 is 1.26. The average molecular weight is 337 g/mol. The Bertz CT molecular complexity index is 763. The van der Waals surface area contributed by atoms with Crippen molar-refractivity contribution in [1.29, 1.82) is 10.7 Å². The summed E-state index contributed by atoms with van der Waals surface area (Å²) in [5, 5.41) is 16.2. The minimum absolute atomic E-state index is 0.0805. The lowest BCUT2D eigenvalue weighted by Crippen LogP contribution is -2.08. The number of carbonyl (C=O) groups is 1. The average Bonchev–Trinajstić information content (AvgIpc) is 2.59. The van der Waals surface area contributed by atoms with Crippen molar-refractivity contribution in [2.45, 2.75) is 25.0 Å².